The van der Waals surface area contributed by atoms with Gasteiger partial charge < -0.3 is 5.73 Å². The first-order chi connectivity index (χ1) is 10.4. The number of nitrogens with zero attached hydrogens (tertiary/aromatic N) is 1. The number of nitrogens with two attached hydrogens (primary N) is 1. The fraction of sp³-hybridized carbons (Fsp3) is 0.562. The smallest absolute Gasteiger partial charge is 0.217 e. The second-order valence-electron chi connectivity index (χ2n) is 6.13. The van der Waals surface area contributed by atoms with Gasteiger partial charge >= 0.3 is 0 Å². The summed E-state index contributed by atoms with van der Waals surface area (Å²) in [6, 6.07) is 9.66. The van der Waals surface area contributed by atoms with Crippen LogP contribution in [-0.4, -0.2) is 37.5 Å². The Morgan fingerprint density at radius 1 is 1.36 bits per heavy atom. The summed E-state index contributed by atoms with van der Waals surface area (Å²) in [6.45, 7) is 2.88. The maximum Gasteiger partial charge on any atom is 0.217 e. The molecule has 6 heteroatoms. The molecule has 1 aromatic rings. The molecule has 0 saturated carbocycles. The Morgan fingerprint density at radius 3 is 2.68 bits per heavy atom. The van der Waals surface area contributed by atoms with Gasteiger partial charge in [-0.25, -0.2) is 12.7 Å². The SMILES string of the molecule is C[C@H](CS(=O)(=O)N1CCC[C@@H](CC(N)=O)C1)c1ccccc1. The lowest BCUT2D eigenvalue weighted by atomic mass is 9.96. The van der Waals surface area contributed by atoms with Crippen LogP contribution in [0.15, 0.2) is 30.3 Å². The van der Waals surface area contributed by atoms with Crippen molar-refractivity contribution in [1.29, 1.82) is 0 Å². The Kier molecular flexibility index (Phi) is 5.58. The number of piperidine rings is 1. The number of hydrogen-bond donors (Lipinski definition) is 1. The molecule has 1 saturated heterocycles. The van der Waals surface area contributed by atoms with Gasteiger partial charge in [0.25, 0.3) is 0 Å². The molecule has 1 amide bonds. The van der Waals surface area contributed by atoms with Crippen LogP contribution in [0.25, 0.3) is 0 Å². The van der Waals surface area contributed by atoms with Crippen molar-refractivity contribution in [3.63, 3.8) is 0 Å². The van der Waals surface area contributed by atoms with E-state index in [1.807, 2.05) is 37.3 Å². The van der Waals surface area contributed by atoms with Crippen LogP contribution in [0.5, 0.6) is 0 Å². The third-order valence-corrected chi connectivity index (χ3v) is 6.23. The zero-order chi connectivity index (χ0) is 16.2. The molecule has 122 valence electrons. The predicted molar refractivity (Wildman–Crippen MR) is 86.8 cm³/mol. The molecule has 1 aliphatic heterocycles. The third kappa shape index (κ3) is 4.55. The van der Waals surface area contributed by atoms with Crippen molar-refractivity contribution in [2.75, 3.05) is 18.8 Å². The molecule has 0 spiro atoms. The molecular formula is C16H24N2O3S. The van der Waals surface area contributed by atoms with Gasteiger partial charge in [0.2, 0.25) is 15.9 Å². The maximum atomic E-state index is 12.6. The van der Waals surface area contributed by atoms with E-state index in [0.717, 1.165) is 18.4 Å². The summed E-state index contributed by atoms with van der Waals surface area (Å²) in [4.78, 5) is 11.0. The summed E-state index contributed by atoms with van der Waals surface area (Å²) < 4.78 is 26.8. The Hall–Kier alpha value is -1.40. The Bertz CT molecular complexity index is 601. The van der Waals surface area contributed by atoms with Crippen LogP contribution in [0, 0.1) is 5.92 Å². The summed E-state index contributed by atoms with van der Waals surface area (Å²) in [5, 5.41) is 0. The van der Waals surface area contributed by atoms with E-state index >= 15 is 0 Å². The minimum atomic E-state index is -3.32. The highest BCUT2D eigenvalue weighted by molar-refractivity contribution is 7.89. The van der Waals surface area contributed by atoms with Crippen LogP contribution < -0.4 is 5.73 Å². The highest BCUT2D eigenvalue weighted by Crippen LogP contribution is 2.25. The van der Waals surface area contributed by atoms with E-state index in [1.54, 1.807) is 0 Å². The van der Waals surface area contributed by atoms with Crippen LogP contribution in [0.4, 0.5) is 0 Å². The lowest BCUT2D eigenvalue weighted by Crippen LogP contribution is -2.42. The van der Waals surface area contributed by atoms with Gasteiger partial charge in [0.15, 0.2) is 0 Å². The zero-order valence-corrected chi connectivity index (χ0v) is 13.8. The minimum absolute atomic E-state index is 0.0491. The highest BCUT2D eigenvalue weighted by atomic mass is 32.2. The zero-order valence-electron chi connectivity index (χ0n) is 12.9. The van der Waals surface area contributed by atoms with Crippen LogP contribution in [0.3, 0.4) is 0 Å². The average Bonchev–Trinajstić information content (AvgIpc) is 2.47. The number of primary amides is 1. The van der Waals surface area contributed by atoms with E-state index in [-0.39, 0.29) is 29.9 Å². The summed E-state index contributed by atoms with van der Waals surface area (Å²) in [7, 11) is -3.32. The maximum absolute atomic E-state index is 12.6. The number of amides is 1. The molecule has 0 aliphatic carbocycles. The minimum Gasteiger partial charge on any atom is -0.370 e. The molecule has 0 bridgehead atoms. The Labute approximate surface area is 132 Å². The van der Waals surface area contributed by atoms with Gasteiger partial charge in [-0.3, -0.25) is 4.79 Å². The first-order valence-electron chi connectivity index (χ1n) is 7.69. The number of sulfonamides is 1. The van der Waals surface area contributed by atoms with Gasteiger partial charge in [-0.05, 0) is 30.2 Å². The topological polar surface area (TPSA) is 80.5 Å². The molecule has 1 heterocycles. The number of benzene rings is 1. The predicted octanol–water partition coefficient (Wildman–Crippen LogP) is 1.71. The highest BCUT2D eigenvalue weighted by Gasteiger charge is 2.30. The van der Waals surface area contributed by atoms with Gasteiger partial charge in [0, 0.05) is 19.5 Å². The van der Waals surface area contributed by atoms with Crippen LogP contribution in [0.1, 0.15) is 37.7 Å². The monoisotopic (exact) mass is 324 g/mol. The van der Waals surface area contributed by atoms with Gasteiger partial charge in [-0.1, -0.05) is 37.3 Å². The van der Waals surface area contributed by atoms with Crippen molar-refractivity contribution in [3.8, 4) is 0 Å². The second kappa shape index (κ2) is 7.24. The normalized spacial score (nSPS) is 21.4. The number of hydrogen-bond acceptors (Lipinski definition) is 3. The Balaban J connectivity index is 2.01. The van der Waals surface area contributed by atoms with Gasteiger partial charge in [0.1, 0.15) is 0 Å². The van der Waals surface area contributed by atoms with E-state index in [9.17, 15) is 13.2 Å². The molecule has 0 unspecified atom stereocenters. The quantitative estimate of drug-likeness (QED) is 0.865. The fourth-order valence-electron chi connectivity index (χ4n) is 3.03. The summed E-state index contributed by atoms with van der Waals surface area (Å²) in [5.41, 5.74) is 6.25. The van der Waals surface area contributed by atoms with Gasteiger partial charge in [-0.15, -0.1) is 0 Å². The molecule has 2 atom stereocenters. The second-order valence-corrected chi connectivity index (χ2v) is 8.14. The lowest BCUT2D eigenvalue weighted by molar-refractivity contribution is -0.119. The van der Waals surface area contributed by atoms with E-state index in [2.05, 4.69) is 0 Å². The molecule has 1 aliphatic rings. The first kappa shape index (κ1) is 17.0. The molecule has 5 nitrogen and oxygen atoms in total. The molecule has 1 fully saturated rings. The first-order valence-corrected chi connectivity index (χ1v) is 9.30. The lowest BCUT2D eigenvalue weighted by Gasteiger charge is -2.32. The molecule has 1 aromatic carbocycles. The Morgan fingerprint density at radius 2 is 2.05 bits per heavy atom. The van der Waals surface area contributed by atoms with Crippen LogP contribution in [0.2, 0.25) is 0 Å². The van der Waals surface area contributed by atoms with Crippen molar-refractivity contribution >= 4 is 15.9 Å². The third-order valence-electron chi connectivity index (χ3n) is 4.19. The van der Waals surface area contributed by atoms with E-state index in [0.29, 0.717) is 13.1 Å². The van der Waals surface area contributed by atoms with Crippen LogP contribution >= 0.6 is 0 Å². The standard InChI is InChI=1S/C16H24N2O3S/c1-13(15-7-3-2-4-8-15)12-22(20,21)18-9-5-6-14(11-18)10-16(17)19/h2-4,7-8,13-14H,5-6,9-12H2,1H3,(H2,17,19)/t13-,14+/m1/s1. The molecule has 0 aromatic heterocycles. The summed E-state index contributed by atoms with van der Waals surface area (Å²) in [5.74, 6) is -0.266. The van der Waals surface area contributed by atoms with E-state index in [1.165, 1.54) is 4.31 Å². The average molecular weight is 324 g/mol. The van der Waals surface area contributed by atoms with Crippen molar-refractivity contribution in [3.05, 3.63) is 35.9 Å². The van der Waals surface area contributed by atoms with Crippen molar-refractivity contribution in [2.45, 2.75) is 32.1 Å². The number of carbonyl (C=O) groups is 1. The van der Waals surface area contributed by atoms with Crippen molar-refractivity contribution in [1.82, 2.24) is 4.31 Å². The molecule has 2 N–H and O–H groups in total. The van der Waals surface area contributed by atoms with E-state index < -0.39 is 10.0 Å². The van der Waals surface area contributed by atoms with Crippen LogP contribution in [-0.2, 0) is 14.8 Å². The summed E-state index contributed by atoms with van der Waals surface area (Å²) >= 11 is 0. The molecule has 2 rings (SSSR count). The largest absolute Gasteiger partial charge is 0.370 e. The van der Waals surface area contributed by atoms with Crippen molar-refractivity contribution in [2.24, 2.45) is 11.7 Å². The van der Waals surface area contributed by atoms with Gasteiger partial charge in [-0.2, -0.15) is 0 Å². The summed E-state index contributed by atoms with van der Waals surface area (Å²) in [6.07, 6.45) is 1.92. The fourth-order valence-corrected chi connectivity index (χ4v) is 4.91. The molecular weight excluding hydrogens is 300 g/mol. The molecule has 0 radical (unpaired) electrons. The van der Waals surface area contributed by atoms with Gasteiger partial charge in [0.05, 0.1) is 5.75 Å². The number of rotatable bonds is 6. The van der Waals surface area contributed by atoms with E-state index in [4.69, 9.17) is 5.73 Å². The number of carbonyl (C=O) groups excluding carboxylic acids is 1. The van der Waals surface area contributed by atoms with Crippen molar-refractivity contribution < 1.29 is 13.2 Å². The molecule has 22 heavy (non-hydrogen) atoms.